The number of amides is 2. The topological polar surface area (TPSA) is 49.4 Å². The molecule has 4 nitrogen and oxygen atoms in total. The molecule has 0 radical (unpaired) electrons. The van der Waals surface area contributed by atoms with Gasteiger partial charge < -0.3 is 10.2 Å². The molecule has 0 aliphatic heterocycles. The van der Waals surface area contributed by atoms with Crippen LogP contribution in [0.4, 0.5) is 4.39 Å². The number of benzene rings is 2. The summed E-state index contributed by atoms with van der Waals surface area (Å²) in [4.78, 5) is 27.6. The lowest BCUT2D eigenvalue weighted by Gasteiger charge is -2.31. The molecular weight excluding hydrogens is 491 g/mol. The number of hydrogen-bond donors (Lipinski definition) is 1. The van der Waals surface area contributed by atoms with Crippen LogP contribution in [-0.2, 0) is 21.9 Å². The average molecular weight is 521 g/mol. The quantitative estimate of drug-likeness (QED) is 0.462. The van der Waals surface area contributed by atoms with Crippen molar-refractivity contribution in [3.8, 4) is 0 Å². The first kappa shape index (κ1) is 24.8. The fourth-order valence-corrected chi connectivity index (χ4v) is 5.02. The van der Waals surface area contributed by atoms with Gasteiger partial charge in [0.15, 0.2) is 0 Å². The highest BCUT2D eigenvalue weighted by Crippen LogP contribution is 2.20. The fraction of sp³-hybridized carbons (Fsp3) is 0.440. The Morgan fingerprint density at radius 3 is 2.50 bits per heavy atom. The van der Waals surface area contributed by atoms with Gasteiger partial charge in [-0.25, -0.2) is 4.39 Å². The molecule has 1 aliphatic carbocycles. The molecule has 1 N–H and O–H groups in total. The minimum absolute atomic E-state index is 0.0730. The van der Waals surface area contributed by atoms with Crippen LogP contribution < -0.4 is 5.32 Å². The second kappa shape index (κ2) is 12.4. The van der Waals surface area contributed by atoms with E-state index in [0.717, 1.165) is 35.7 Å². The largest absolute Gasteiger partial charge is 0.352 e. The maximum atomic E-state index is 14.3. The summed E-state index contributed by atoms with van der Waals surface area (Å²) in [6.07, 6.45) is 5.38. The highest BCUT2D eigenvalue weighted by molar-refractivity contribution is 9.10. The van der Waals surface area contributed by atoms with Crippen LogP contribution in [-0.4, -0.2) is 34.6 Å². The molecule has 7 heteroatoms. The molecule has 1 fully saturated rings. The van der Waals surface area contributed by atoms with Crippen molar-refractivity contribution in [3.63, 3.8) is 0 Å². The Hall–Kier alpha value is -1.86. The van der Waals surface area contributed by atoms with Crippen LogP contribution >= 0.6 is 27.7 Å². The summed E-state index contributed by atoms with van der Waals surface area (Å²) < 4.78 is 15.3. The van der Waals surface area contributed by atoms with Crippen molar-refractivity contribution < 1.29 is 14.0 Å². The van der Waals surface area contributed by atoms with Crippen LogP contribution in [0, 0.1) is 5.82 Å². The number of thioether (sulfide) groups is 1. The molecule has 0 spiro atoms. The number of rotatable bonds is 9. The second-order valence-corrected chi connectivity index (χ2v) is 10.2. The zero-order valence-electron chi connectivity index (χ0n) is 18.4. The Labute approximate surface area is 202 Å². The third-order valence-corrected chi connectivity index (χ3v) is 7.34. The van der Waals surface area contributed by atoms with E-state index in [4.69, 9.17) is 0 Å². The monoisotopic (exact) mass is 520 g/mol. The average Bonchev–Trinajstić information content (AvgIpc) is 2.80. The van der Waals surface area contributed by atoms with Crippen molar-refractivity contribution in [3.05, 3.63) is 69.9 Å². The number of carbonyl (C=O) groups is 2. The highest BCUT2D eigenvalue weighted by Gasteiger charge is 2.28. The van der Waals surface area contributed by atoms with Crippen molar-refractivity contribution in [2.24, 2.45) is 0 Å². The smallest absolute Gasteiger partial charge is 0.242 e. The molecular formula is C25H30BrFN2O2S. The summed E-state index contributed by atoms with van der Waals surface area (Å²) in [5, 5.41) is 3.10. The number of carbonyl (C=O) groups excluding carboxylic acids is 2. The van der Waals surface area contributed by atoms with Gasteiger partial charge >= 0.3 is 0 Å². The van der Waals surface area contributed by atoms with Crippen LogP contribution in [0.1, 0.15) is 50.2 Å². The summed E-state index contributed by atoms with van der Waals surface area (Å²) in [5.41, 5.74) is 1.53. The van der Waals surface area contributed by atoms with Gasteiger partial charge in [-0.3, -0.25) is 9.59 Å². The van der Waals surface area contributed by atoms with Crippen LogP contribution in [0.3, 0.4) is 0 Å². The van der Waals surface area contributed by atoms with Gasteiger partial charge in [0.1, 0.15) is 11.9 Å². The van der Waals surface area contributed by atoms with E-state index in [0.29, 0.717) is 11.3 Å². The van der Waals surface area contributed by atoms with E-state index >= 15 is 0 Å². The standard InChI is InChI=1S/C25H30BrFN2O2S/c1-18(25(31)28-22-8-3-2-4-9-22)29(15-20-7-5-6-10-23(20)27)24(30)17-32-16-19-11-13-21(26)14-12-19/h5-7,10-14,18,22H,2-4,8-9,15-17H2,1H3,(H,28,31). The van der Waals surface area contributed by atoms with Crippen molar-refractivity contribution in [2.75, 3.05) is 5.75 Å². The molecule has 0 bridgehead atoms. The Bertz CT molecular complexity index is 903. The van der Waals surface area contributed by atoms with Crippen molar-refractivity contribution in [2.45, 2.75) is 63.4 Å². The molecule has 0 saturated heterocycles. The third-order valence-electron chi connectivity index (χ3n) is 5.82. The Balaban J connectivity index is 1.65. The Morgan fingerprint density at radius 2 is 1.81 bits per heavy atom. The van der Waals surface area contributed by atoms with Crippen molar-refractivity contribution in [1.82, 2.24) is 10.2 Å². The third kappa shape index (κ3) is 7.34. The lowest BCUT2D eigenvalue weighted by atomic mass is 9.95. The van der Waals surface area contributed by atoms with Crippen LogP contribution in [0.25, 0.3) is 0 Å². The lowest BCUT2D eigenvalue weighted by Crippen LogP contribution is -2.51. The van der Waals surface area contributed by atoms with Gasteiger partial charge in [-0.1, -0.05) is 65.5 Å². The van der Waals surface area contributed by atoms with E-state index in [9.17, 15) is 14.0 Å². The van der Waals surface area contributed by atoms with Crippen LogP contribution in [0.15, 0.2) is 53.0 Å². The van der Waals surface area contributed by atoms with E-state index < -0.39 is 6.04 Å². The first-order valence-corrected chi connectivity index (χ1v) is 13.0. The molecule has 32 heavy (non-hydrogen) atoms. The molecule has 2 amide bonds. The zero-order valence-corrected chi connectivity index (χ0v) is 20.8. The molecule has 2 aromatic rings. The normalized spacial score (nSPS) is 15.2. The summed E-state index contributed by atoms with van der Waals surface area (Å²) in [6.45, 7) is 1.81. The first-order valence-electron chi connectivity index (χ1n) is 11.1. The van der Waals surface area contributed by atoms with Gasteiger partial charge in [0.2, 0.25) is 11.8 Å². The molecule has 172 valence electrons. The summed E-state index contributed by atoms with van der Waals surface area (Å²) in [5.74, 6) is 0.217. The predicted molar refractivity (Wildman–Crippen MR) is 132 cm³/mol. The molecule has 1 aliphatic rings. The molecule has 1 saturated carbocycles. The van der Waals surface area contributed by atoms with E-state index in [1.807, 2.05) is 24.3 Å². The molecule has 1 unspecified atom stereocenters. The van der Waals surface area contributed by atoms with Crippen molar-refractivity contribution in [1.29, 1.82) is 0 Å². The highest BCUT2D eigenvalue weighted by atomic mass is 79.9. The van der Waals surface area contributed by atoms with Gasteiger partial charge in [0.25, 0.3) is 0 Å². The number of hydrogen-bond acceptors (Lipinski definition) is 3. The summed E-state index contributed by atoms with van der Waals surface area (Å²) in [6, 6.07) is 13.9. The van der Waals surface area contributed by atoms with E-state index in [-0.39, 0.29) is 36.0 Å². The summed E-state index contributed by atoms with van der Waals surface area (Å²) in [7, 11) is 0. The molecule has 1 atom stereocenters. The van der Waals surface area contributed by atoms with Gasteiger partial charge in [-0.2, -0.15) is 0 Å². The number of nitrogens with one attached hydrogen (secondary N) is 1. The maximum Gasteiger partial charge on any atom is 0.242 e. The lowest BCUT2D eigenvalue weighted by molar-refractivity contribution is -0.139. The Morgan fingerprint density at radius 1 is 1.12 bits per heavy atom. The molecule has 0 heterocycles. The van der Waals surface area contributed by atoms with Crippen LogP contribution in [0.5, 0.6) is 0 Å². The molecule has 3 rings (SSSR count). The SMILES string of the molecule is CC(C(=O)NC1CCCCC1)N(Cc1ccccc1F)C(=O)CSCc1ccc(Br)cc1. The van der Waals surface area contributed by atoms with Gasteiger partial charge in [-0.05, 0) is 43.5 Å². The fourth-order valence-electron chi connectivity index (χ4n) is 3.88. The van der Waals surface area contributed by atoms with Gasteiger partial charge in [0.05, 0.1) is 5.75 Å². The Kier molecular flexibility index (Phi) is 9.60. The maximum absolute atomic E-state index is 14.3. The van der Waals surface area contributed by atoms with Gasteiger partial charge in [0, 0.05) is 28.4 Å². The van der Waals surface area contributed by atoms with E-state index in [1.165, 1.54) is 29.1 Å². The van der Waals surface area contributed by atoms with Crippen molar-refractivity contribution >= 4 is 39.5 Å². The number of nitrogens with zero attached hydrogens (tertiary/aromatic N) is 1. The van der Waals surface area contributed by atoms with Crippen LogP contribution in [0.2, 0.25) is 0 Å². The first-order chi connectivity index (χ1) is 15.4. The van der Waals surface area contributed by atoms with E-state index in [2.05, 4.69) is 21.2 Å². The van der Waals surface area contributed by atoms with Gasteiger partial charge in [-0.15, -0.1) is 11.8 Å². The summed E-state index contributed by atoms with van der Waals surface area (Å²) >= 11 is 4.92. The number of halogens is 2. The molecule has 0 aromatic heterocycles. The molecule has 2 aromatic carbocycles. The minimum Gasteiger partial charge on any atom is -0.352 e. The zero-order chi connectivity index (χ0) is 22.9. The van der Waals surface area contributed by atoms with E-state index in [1.54, 1.807) is 25.1 Å². The minimum atomic E-state index is -0.669. The predicted octanol–water partition coefficient (Wildman–Crippen LogP) is 5.69. The second-order valence-electron chi connectivity index (χ2n) is 8.25.